The van der Waals surface area contributed by atoms with E-state index in [0.717, 1.165) is 12.8 Å². The van der Waals surface area contributed by atoms with Crippen molar-refractivity contribution >= 4 is 39.1 Å². The van der Waals surface area contributed by atoms with E-state index in [-0.39, 0.29) is 39.0 Å². The first-order valence-electron chi connectivity index (χ1n) is 14.5. The molecule has 2 atom stereocenters. The van der Waals surface area contributed by atoms with Gasteiger partial charge in [-0.25, -0.2) is 18.6 Å². The Kier molecular flexibility index (Phi) is 7.14. The Bertz CT molecular complexity index is 1920. The molecule has 224 valence electrons. The number of rotatable bonds is 3. The fourth-order valence-corrected chi connectivity index (χ4v) is 6.48. The number of benzene rings is 2. The summed E-state index contributed by atoms with van der Waals surface area (Å²) in [5, 5.41) is 14.1. The Balaban J connectivity index is 1.57. The Morgan fingerprint density at radius 2 is 1.86 bits per heavy atom. The van der Waals surface area contributed by atoms with Crippen LogP contribution in [0.3, 0.4) is 0 Å². The van der Waals surface area contributed by atoms with Crippen molar-refractivity contribution in [1.29, 1.82) is 5.26 Å². The molecule has 2 aliphatic heterocycles. The van der Waals surface area contributed by atoms with Gasteiger partial charge in [0.05, 0.1) is 5.56 Å². The molecule has 44 heavy (non-hydrogen) atoms. The number of hydrogen-bond donors (Lipinski definition) is 1. The van der Waals surface area contributed by atoms with Gasteiger partial charge in [0.1, 0.15) is 34.7 Å². The number of piperazine rings is 1. The smallest absolute Gasteiger partial charge is 0.412 e. The Hall–Kier alpha value is -4.80. The van der Waals surface area contributed by atoms with Crippen LogP contribution in [-0.4, -0.2) is 58.8 Å². The summed E-state index contributed by atoms with van der Waals surface area (Å²) in [6.45, 7) is 8.29. The maximum Gasteiger partial charge on any atom is 0.412 e. The number of carbonyl (C=O) groups is 1. The van der Waals surface area contributed by atoms with Crippen molar-refractivity contribution in [3.05, 3.63) is 58.9 Å². The molecule has 4 aromatic rings. The SMILES string of the molecule is C#Cc1c(F)ccc2cc(NC(=O)OC(C)(C)C)cc(-c3ncc4c(N5CC6CCC(C5)N6C)nc(C#N)c(C)c4c3F)c12. The lowest BCUT2D eigenvalue weighted by atomic mass is 9.94. The van der Waals surface area contributed by atoms with E-state index < -0.39 is 23.3 Å². The van der Waals surface area contributed by atoms with Gasteiger partial charge in [0.25, 0.3) is 0 Å². The van der Waals surface area contributed by atoms with Crippen LogP contribution in [0.15, 0.2) is 30.5 Å². The second kappa shape index (κ2) is 10.7. The highest BCUT2D eigenvalue weighted by Gasteiger charge is 2.39. The number of aryl methyl sites for hydroxylation is 1. The first-order valence-corrected chi connectivity index (χ1v) is 14.5. The largest absolute Gasteiger partial charge is 0.444 e. The van der Waals surface area contributed by atoms with Gasteiger partial charge in [0, 0.05) is 58.8 Å². The van der Waals surface area contributed by atoms with E-state index in [2.05, 4.69) is 44.1 Å². The van der Waals surface area contributed by atoms with E-state index in [1.807, 2.05) is 0 Å². The minimum absolute atomic E-state index is 0.0552. The second-order valence-electron chi connectivity index (χ2n) is 12.5. The van der Waals surface area contributed by atoms with Gasteiger partial charge in [-0.1, -0.05) is 12.0 Å². The zero-order chi connectivity index (χ0) is 31.5. The van der Waals surface area contributed by atoms with Crippen LogP contribution in [0.4, 0.5) is 25.1 Å². The number of nitrogens with zero attached hydrogens (tertiary/aromatic N) is 5. The number of hydrogen-bond acceptors (Lipinski definition) is 7. The van der Waals surface area contributed by atoms with Crippen molar-refractivity contribution in [1.82, 2.24) is 14.9 Å². The number of halogens is 2. The number of anilines is 2. The lowest BCUT2D eigenvalue weighted by Gasteiger charge is -2.40. The van der Waals surface area contributed by atoms with E-state index in [0.29, 0.717) is 47.3 Å². The summed E-state index contributed by atoms with van der Waals surface area (Å²) in [7, 11) is 2.12. The minimum atomic E-state index is -0.749. The minimum Gasteiger partial charge on any atom is -0.444 e. The van der Waals surface area contributed by atoms with Crippen LogP contribution in [0.2, 0.25) is 0 Å². The van der Waals surface area contributed by atoms with E-state index >= 15 is 4.39 Å². The standard InChI is InChI=1S/C34H32F2N6O2/c1-7-23-26(35)11-8-19-12-20(39-33(43)44-34(3,4)5)13-24(29(19)23)31-30(36)28-18(2)27(14-37)40-32(25(28)15-38-31)42-16-21-9-10-22(17-42)41(21)6/h1,8,11-13,15,21-22H,9-10,16-17H2,2-6H3,(H,39,43). The molecular formula is C34H32F2N6O2. The average molecular weight is 595 g/mol. The normalized spacial score (nSPS) is 18.3. The van der Waals surface area contributed by atoms with Crippen LogP contribution in [0.1, 0.15) is 50.4 Å². The number of aromatic nitrogens is 2. The lowest BCUT2D eigenvalue weighted by Crippen LogP contribution is -2.52. The molecule has 2 bridgehead atoms. The Labute approximate surface area is 254 Å². The summed E-state index contributed by atoms with van der Waals surface area (Å²) < 4.78 is 37.3. The highest BCUT2D eigenvalue weighted by atomic mass is 19.1. The average Bonchev–Trinajstić information content (AvgIpc) is 3.15. The van der Waals surface area contributed by atoms with Crippen LogP contribution in [0.25, 0.3) is 32.8 Å². The van der Waals surface area contributed by atoms with Crippen molar-refractivity contribution in [2.75, 3.05) is 30.4 Å². The number of pyridine rings is 2. The summed E-state index contributed by atoms with van der Waals surface area (Å²) in [5.74, 6) is 1.58. The number of nitrogens with one attached hydrogen (secondary N) is 1. The summed E-state index contributed by atoms with van der Waals surface area (Å²) in [6, 6.07) is 8.68. The third-order valence-corrected chi connectivity index (χ3v) is 8.57. The predicted molar refractivity (Wildman–Crippen MR) is 166 cm³/mol. The van der Waals surface area contributed by atoms with Crippen molar-refractivity contribution in [2.24, 2.45) is 0 Å². The maximum absolute atomic E-state index is 16.9. The molecule has 0 radical (unpaired) electrons. The Morgan fingerprint density at radius 3 is 2.50 bits per heavy atom. The molecule has 10 heteroatoms. The summed E-state index contributed by atoms with van der Waals surface area (Å²) >= 11 is 0. The molecule has 2 fully saturated rings. The number of amides is 1. The zero-order valence-corrected chi connectivity index (χ0v) is 25.3. The van der Waals surface area contributed by atoms with Gasteiger partial charge in [0.15, 0.2) is 5.82 Å². The van der Waals surface area contributed by atoms with Gasteiger partial charge in [-0.15, -0.1) is 6.42 Å². The van der Waals surface area contributed by atoms with Crippen molar-refractivity contribution in [3.63, 3.8) is 0 Å². The van der Waals surface area contributed by atoms with E-state index in [9.17, 15) is 14.4 Å². The van der Waals surface area contributed by atoms with Crippen molar-refractivity contribution in [3.8, 4) is 29.7 Å². The Morgan fingerprint density at radius 1 is 1.16 bits per heavy atom. The van der Waals surface area contributed by atoms with Crippen LogP contribution in [-0.2, 0) is 4.74 Å². The molecule has 2 aliphatic rings. The van der Waals surface area contributed by atoms with E-state index in [1.54, 1.807) is 40.0 Å². The quantitative estimate of drug-likeness (QED) is 0.270. The summed E-state index contributed by atoms with van der Waals surface area (Å²) in [6.07, 6.45) is 8.72. The number of carbonyl (C=O) groups excluding carboxylic acids is 1. The van der Waals surface area contributed by atoms with Crippen molar-refractivity contribution < 1.29 is 18.3 Å². The molecule has 1 N–H and O–H groups in total. The van der Waals surface area contributed by atoms with Gasteiger partial charge in [-0.05, 0) is 76.7 Å². The fraction of sp³-hybridized carbons (Fsp3) is 0.353. The van der Waals surface area contributed by atoms with Crippen LogP contribution < -0.4 is 10.2 Å². The zero-order valence-electron chi connectivity index (χ0n) is 25.3. The number of terminal acetylenes is 1. The van der Waals surface area contributed by atoms with Gasteiger partial charge >= 0.3 is 6.09 Å². The monoisotopic (exact) mass is 594 g/mol. The first-order chi connectivity index (χ1) is 20.9. The third-order valence-electron chi connectivity index (χ3n) is 8.57. The van der Waals surface area contributed by atoms with Gasteiger partial charge in [-0.3, -0.25) is 15.2 Å². The molecule has 0 saturated carbocycles. The van der Waals surface area contributed by atoms with Gasteiger partial charge in [0.2, 0.25) is 0 Å². The molecule has 2 aromatic carbocycles. The molecule has 2 unspecified atom stereocenters. The summed E-state index contributed by atoms with van der Waals surface area (Å²) in [5.41, 5.74) is 0.0706. The molecule has 0 aliphatic carbocycles. The highest BCUT2D eigenvalue weighted by Crippen LogP contribution is 2.41. The predicted octanol–water partition coefficient (Wildman–Crippen LogP) is 6.52. The van der Waals surface area contributed by atoms with E-state index in [1.165, 1.54) is 18.2 Å². The molecule has 2 saturated heterocycles. The number of fused-ring (bicyclic) bond motifs is 4. The number of likely N-dealkylation sites (N-methyl/N-ethyl adjacent to an activating group) is 1. The third kappa shape index (κ3) is 4.95. The van der Waals surface area contributed by atoms with Crippen molar-refractivity contribution in [2.45, 2.75) is 58.2 Å². The molecule has 2 aromatic heterocycles. The van der Waals surface area contributed by atoms with Gasteiger partial charge in [-0.2, -0.15) is 5.26 Å². The van der Waals surface area contributed by atoms with Crippen LogP contribution in [0, 0.1) is 42.2 Å². The molecule has 1 amide bonds. The topological polar surface area (TPSA) is 94.4 Å². The first kappa shape index (κ1) is 29.3. The summed E-state index contributed by atoms with van der Waals surface area (Å²) in [4.78, 5) is 26.4. The molecule has 4 heterocycles. The second-order valence-corrected chi connectivity index (χ2v) is 12.5. The highest BCUT2D eigenvalue weighted by molar-refractivity contribution is 6.06. The lowest BCUT2D eigenvalue weighted by molar-refractivity contribution is 0.0636. The maximum atomic E-state index is 16.9. The van der Waals surface area contributed by atoms with Crippen LogP contribution in [0.5, 0.6) is 0 Å². The molecule has 8 nitrogen and oxygen atoms in total. The number of ether oxygens (including phenoxy) is 1. The molecular weight excluding hydrogens is 562 g/mol. The van der Waals surface area contributed by atoms with Crippen LogP contribution >= 0.6 is 0 Å². The van der Waals surface area contributed by atoms with Gasteiger partial charge < -0.3 is 9.64 Å². The number of nitriles is 1. The molecule has 0 spiro atoms. The molecule has 6 rings (SSSR count). The fourth-order valence-electron chi connectivity index (χ4n) is 6.48. The van der Waals surface area contributed by atoms with E-state index in [4.69, 9.17) is 11.2 Å².